The lowest BCUT2D eigenvalue weighted by atomic mass is 9.95. The summed E-state index contributed by atoms with van der Waals surface area (Å²) in [4.78, 5) is 32.5. The minimum absolute atomic E-state index is 0.0122. The number of methoxy groups -OCH3 is 2. The molecule has 0 aliphatic carbocycles. The number of fused-ring (bicyclic) bond motifs is 1. The Bertz CT molecular complexity index is 1430. The van der Waals surface area contributed by atoms with Crippen LogP contribution in [-0.4, -0.2) is 36.0 Å². The van der Waals surface area contributed by atoms with E-state index >= 15 is 0 Å². The second-order valence-corrected chi connectivity index (χ2v) is 8.65. The number of aromatic nitrogens is 1. The van der Waals surface area contributed by atoms with Gasteiger partial charge in [0.15, 0.2) is 5.13 Å². The van der Waals surface area contributed by atoms with Gasteiger partial charge in [0.2, 0.25) is 0 Å². The lowest BCUT2D eigenvalue weighted by Gasteiger charge is -2.23. The van der Waals surface area contributed by atoms with Crippen molar-refractivity contribution < 1.29 is 24.2 Å². The van der Waals surface area contributed by atoms with Crippen LogP contribution in [0.1, 0.15) is 17.2 Å². The summed E-state index contributed by atoms with van der Waals surface area (Å²) in [6.45, 7) is 0. The van der Waals surface area contributed by atoms with Crippen LogP contribution in [0.25, 0.3) is 16.0 Å². The fourth-order valence-corrected chi connectivity index (χ4v) is 5.03. The highest BCUT2D eigenvalue weighted by Gasteiger charge is 2.48. The first-order chi connectivity index (χ1) is 16.5. The van der Waals surface area contributed by atoms with Gasteiger partial charge in [-0.2, -0.15) is 0 Å². The Kier molecular flexibility index (Phi) is 5.51. The third-order valence-corrected chi connectivity index (χ3v) is 6.73. The number of hydrogen-bond acceptors (Lipinski definition) is 7. The zero-order valence-electron chi connectivity index (χ0n) is 18.4. The van der Waals surface area contributed by atoms with Crippen molar-refractivity contribution in [3.05, 3.63) is 89.5 Å². The molecule has 1 N–H and O–H groups in total. The Morgan fingerprint density at radius 2 is 1.62 bits per heavy atom. The maximum absolute atomic E-state index is 13.3. The summed E-state index contributed by atoms with van der Waals surface area (Å²) in [5.41, 5.74) is 1.79. The third kappa shape index (κ3) is 3.58. The summed E-state index contributed by atoms with van der Waals surface area (Å²) in [5.74, 6) is -0.440. The van der Waals surface area contributed by atoms with Crippen LogP contribution >= 0.6 is 11.3 Å². The van der Waals surface area contributed by atoms with E-state index in [1.165, 1.54) is 16.2 Å². The molecule has 1 unspecified atom stereocenters. The zero-order chi connectivity index (χ0) is 23.8. The van der Waals surface area contributed by atoms with E-state index in [0.29, 0.717) is 33.3 Å². The molecule has 1 fully saturated rings. The van der Waals surface area contributed by atoms with Gasteiger partial charge < -0.3 is 14.6 Å². The second-order valence-electron chi connectivity index (χ2n) is 7.64. The molecule has 1 atom stereocenters. The maximum atomic E-state index is 13.3. The van der Waals surface area contributed by atoms with Crippen LogP contribution in [0, 0.1) is 0 Å². The molecule has 0 saturated carbocycles. The Morgan fingerprint density at radius 1 is 0.941 bits per heavy atom. The van der Waals surface area contributed by atoms with Gasteiger partial charge in [0.25, 0.3) is 5.78 Å². The van der Waals surface area contributed by atoms with Gasteiger partial charge in [-0.25, -0.2) is 4.98 Å². The highest BCUT2D eigenvalue weighted by Crippen LogP contribution is 2.44. The molecular weight excluding hydrogens is 452 g/mol. The van der Waals surface area contributed by atoms with E-state index in [4.69, 9.17) is 9.47 Å². The molecule has 170 valence electrons. The summed E-state index contributed by atoms with van der Waals surface area (Å²) in [6.07, 6.45) is 0. The number of benzene rings is 3. The summed E-state index contributed by atoms with van der Waals surface area (Å²) in [6, 6.07) is 20.3. The van der Waals surface area contributed by atoms with Gasteiger partial charge in [0.1, 0.15) is 17.3 Å². The topological polar surface area (TPSA) is 89.0 Å². The number of carbonyl (C=O) groups is 2. The normalized spacial score (nSPS) is 17.4. The lowest BCUT2D eigenvalue weighted by Crippen LogP contribution is -2.29. The predicted molar refractivity (Wildman–Crippen MR) is 130 cm³/mol. The highest BCUT2D eigenvalue weighted by atomic mass is 32.1. The standard InChI is InChI=1S/C26H20N2O5S/c1-32-17-10-8-15(9-11-17)22-21(23(29)16-6-4-3-5-7-16)24(30)25(31)28(22)26-27-19-13-12-18(33-2)14-20(19)34-26/h3-14,22,29H,1-2H3/b23-21+. The molecule has 0 spiro atoms. The maximum Gasteiger partial charge on any atom is 0.301 e. The van der Waals surface area contributed by atoms with E-state index in [-0.39, 0.29) is 11.3 Å². The van der Waals surface area contributed by atoms with Crippen LogP contribution in [0.2, 0.25) is 0 Å². The van der Waals surface area contributed by atoms with Crippen molar-refractivity contribution in [1.29, 1.82) is 0 Å². The van der Waals surface area contributed by atoms with Gasteiger partial charge in [-0.3, -0.25) is 14.5 Å². The smallest absolute Gasteiger partial charge is 0.301 e. The van der Waals surface area contributed by atoms with Gasteiger partial charge in [-0.05, 0) is 35.9 Å². The number of rotatable bonds is 5. The van der Waals surface area contributed by atoms with Crippen LogP contribution in [0.15, 0.2) is 78.4 Å². The molecule has 1 aromatic heterocycles. The molecule has 0 bridgehead atoms. The minimum Gasteiger partial charge on any atom is -0.507 e. The number of aliphatic hydroxyl groups excluding tert-OH is 1. The first kappa shape index (κ1) is 21.7. The van der Waals surface area contributed by atoms with Crippen molar-refractivity contribution in [2.24, 2.45) is 0 Å². The number of aliphatic hydroxyl groups is 1. The number of nitrogens with zero attached hydrogens (tertiary/aromatic N) is 2. The summed E-state index contributed by atoms with van der Waals surface area (Å²) < 4.78 is 11.4. The van der Waals surface area contributed by atoms with E-state index in [1.807, 2.05) is 12.1 Å². The molecule has 34 heavy (non-hydrogen) atoms. The quantitative estimate of drug-likeness (QED) is 0.251. The van der Waals surface area contributed by atoms with Crippen molar-refractivity contribution in [2.45, 2.75) is 6.04 Å². The Morgan fingerprint density at radius 3 is 2.29 bits per heavy atom. The molecule has 2 heterocycles. The molecular formula is C26H20N2O5S. The van der Waals surface area contributed by atoms with Crippen molar-refractivity contribution in [3.8, 4) is 11.5 Å². The fourth-order valence-electron chi connectivity index (χ4n) is 4.01. The Balaban J connectivity index is 1.71. The summed E-state index contributed by atoms with van der Waals surface area (Å²) in [7, 11) is 3.14. The molecule has 0 radical (unpaired) electrons. The van der Waals surface area contributed by atoms with Crippen LogP contribution in [-0.2, 0) is 9.59 Å². The van der Waals surface area contributed by atoms with Gasteiger partial charge in [-0.15, -0.1) is 0 Å². The molecule has 7 nitrogen and oxygen atoms in total. The molecule has 1 amide bonds. The van der Waals surface area contributed by atoms with E-state index in [2.05, 4.69) is 4.98 Å². The van der Waals surface area contributed by atoms with E-state index in [9.17, 15) is 14.7 Å². The fraction of sp³-hybridized carbons (Fsp3) is 0.115. The molecule has 4 aromatic rings. The Hall–Kier alpha value is -4.17. The van der Waals surface area contributed by atoms with Gasteiger partial charge in [0.05, 0.1) is 36.1 Å². The zero-order valence-corrected chi connectivity index (χ0v) is 19.2. The molecule has 5 rings (SSSR count). The van der Waals surface area contributed by atoms with Gasteiger partial charge >= 0.3 is 5.91 Å². The van der Waals surface area contributed by atoms with Crippen molar-refractivity contribution >= 4 is 44.1 Å². The molecule has 1 saturated heterocycles. The average molecular weight is 473 g/mol. The van der Waals surface area contributed by atoms with Crippen molar-refractivity contribution in [2.75, 3.05) is 19.1 Å². The first-order valence-electron chi connectivity index (χ1n) is 10.5. The van der Waals surface area contributed by atoms with Gasteiger partial charge in [-0.1, -0.05) is 53.8 Å². The predicted octanol–water partition coefficient (Wildman–Crippen LogP) is 4.94. The number of carbonyl (C=O) groups excluding carboxylic acids is 2. The SMILES string of the molecule is COc1ccc(C2/C(=C(\O)c3ccccc3)C(=O)C(=O)N2c2nc3ccc(OC)cc3s2)cc1. The van der Waals surface area contributed by atoms with Crippen LogP contribution in [0.5, 0.6) is 11.5 Å². The lowest BCUT2D eigenvalue weighted by molar-refractivity contribution is -0.132. The average Bonchev–Trinajstić information content (AvgIpc) is 3.41. The molecule has 1 aliphatic rings. The number of hydrogen-bond donors (Lipinski definition) is 1. The van der Waals surface area contributed by atoms with Crippen molar-refractivity contribution in [1.82, 2.24) is 4.98 Å². The summed E-state index contributed by atoms with van der Waals surface area (Å²) >= 11 is 1.28. The molecule has 8 heteroatoms. The third-order valence-electron chi connectivity index (χ3n) is 5.71. The van der Waals surface area contributed by atoms with E-state index in [0.717, 1.165) is 4.70 Å². The molecule has 1 aliphatic heterocycles. The molecule has 3 aromatic carbocycles. The van der Waals surface area contributed by atoms with E-state index < -0.39 is 17.7 Å². The summed E-state index contributed by atoms with van der Waals surface area (Å²) in [5, 5.41) is 11.5. The number of ether oxygens (including phenoxy) is 2. The van der Waals surface area contributed by atoms with E-state index in [1.54, 1.807) is 74.9 Å². The minimum atomic E-state index is -0.853. The number of ketones is 1. The number of Topliss-reactive ketones (excluding diaryl/α,β-unsaturated/α-hetero) is 1. The van der Waals surface area contributed by atoms with Gasteiger partial charge in [0, 0.05) is 5.56 Å². The monoisotopic (exact) mass is 472 g/mol. The number of anilines is 1. The second kappa shape index (κ2) is 8.64. The number of thiazole rings is 1. The number of amides is 1. The largest absolute Gasteiger partial charge is 0.507 e. The van der Waals surface area contributed by atoms with Crippen LogP contribution in [0.4, 0.5) is 5.13 Å². The van der Waals surface area contributed by atoms with Crippen LogP contribution < -0.4 is 14.4 Å². The van der Waals surface area contributed by atoms with Crippen molar-refractivity contribution in [3.63, 3.8) is 0 Å². The van der Waals surface area contributed by atoms with Crippen LogP contribution in [0.3, 0.4) is 0 Å². The highest BCUT2D eigenvalue weighted by molar-refractivity contribution is 7.22. The Labute approximate surface area is 199 Å². The first-order valence-corrected chi connectivity index (χ1v) is 11.3.